The molecule has 0 radical (unpaired) electrons. The number of carbonyl (C=O) groups excluding carboxylic acids is 4. The fourth-order valence-corrected chi connectivity index (χ4v) is 7.94. The second-order valence-corrected chi connectivity index (χ2v) is 12.0. The zero-order valence-electron chi connectivity index (χ0n) is 23.2. The standard InChI is InChI=1S/C28H38O10/c1-13-9-21-26(33,23(13)36-16(4)30)11-19(12-35-15(3)29)10-20-22-25(7,8)28(22,38-18(6)32)24(37-17(5)31)14(2)27(20,21)34/h9-10,14,20-24,33-34H,11-12H2,1-8H3. The molecule has 38 heavy (non-hydrogen) atoms. The van der Waals surface area contributed by atoms with E-state index in [0.29, 0.717) is 11.1 Å². The Hall–Kier alpha value is -2.72. The lowest BCUT2D eigenvalue weighted by Crippen LogP contribution is -2.66. The molecule has 0 amide bonds. The van der Waals surface area contributed by atoms with Crippen molar-refractivity contribution in [2.45, 2.75) is 90.8 Å². The normalized spacial score (nSPS) is 42.2. The first-order chi connectivity index (χ1) is 17.4. The highest BCUT2D eigenvalue weighted by Crippen LogP contribution is 2.77. The van der Waals surface area contributed by atoms with Crippen molar-refractivity contribution in [2.75, 3.05) is 6.61 Å². The van der Waals surface area contributed by atoms with Gasteiger partial charge in [0.1, 0.15) is 18.3 Å². The van der Waals surface area contributed by atoms with Crippen LogP contribution in [-0.4, -0.2) is 69.7 Å². The first kappa shape index (κ1) is 28.3. The molecule has 2 fully saturated rings. The maximum atomic E-state index is 12.8. The predicted octanol–water partition coefficient (Wildman–Crippen LogP) is 2.01. The van der Waals surface area contributed by atoms with Crippen molar-refractivity contribution < 1.29 is 48.3 Å². The summed E-state index contributed by atoms with van der Waals surface area (Å²) in [6.45, 7) is 12.1. The summed E-state index contributed by atoms with van der Waals surface area (Å²) in [5.74, 6) is -5.21. The summed E-state index contributed by atoms with van der Waals surface area (Å²) in [6, 6.07) is 0. The molecule has 4 aliphatic rings. The van der Waals surface area contributed by atoms with Gasteiger partial charge in [0.05, 0.1) is 5.60 Å². The molecule has 4 rings (SSSR count). The molecule has 0 aromatic carbocycles. The molecule has 2 N–H and O–H groups in total. The molecule has 10 heteroatoms. The lowest BCUT2D eigenvalue weighted by atomic mass is 9.58. The van der Waals surface area contributed by atoms with Gasteiger partial charge in [-0.1, -0.05) is 32.9 Å². The second-order valence-electron chi connectivity index (χ2n) is 12.0. The largest absolute Gasteiger partial charge is 0.461 e. The summed E-state index contributed by atoms with van der Waals surface area (Å²) < 4.78 is 22.6. The van der Waals surface area contributed by atoms with Crippen LogP contribution in [0.1, 0.15) is 61.8 Å². The van der Waals surface area contributed by atoms with Crippen LogP contribution in [0.25, 0.3) is 0 Å². The molecule has 9 atom stereocenters. The van der Waals surface area contributed by atoms with Gasteiger partial charge in [0.2, 0.25) is 0 Å². The molecule has 0 aromatic heterocycles. The van der Waals surface area contributed by atoms with Crippen LogP contribution >= 0.6 is 0 Å². The number of hydrogen-bond donors (Lipinski definition) is 2. The Bertz CT molecular complexity index is 1140. The molecule has 0 aromatic rings. The first-order valence-corrected chi connectivity index (χ1v) is 12.9. The molecule has 2 saturated carbocycles. The third-order valence-electron chi connectivity index (χ3n) is 9.27. The molecule has 10 nitrogen and oxygen atoms in total. The van der Waals surface area contributed by atoms with Crippen LogP contribution in [0.5, 0.6) is 0 Å². The van der Waals surface area contributed by atoms with Gasteiger partial charge in [-0.25, -0.2) is 0 Å². The Labute approximate surface area is 222 Å². The highest BCUT2D eigenvalue weighted by atomic mass is 16.6. The minimum Gasteiger partial charge on any atom is -0.461 e. The monoisotopic (exact) mass is 534 g/mol. The van der Waals surface area contributed by atoms with Gasteiger partial charge in [-0.2, -0.15) is 0 Å². The SMILES string of the molecule is CC(=O)OCC1=CC2C3C(C)(C)C3(OC(C)=O)C(OC(C)=O)C(C)C2(O)C2C=C(C)C(OC(C)=O)C2(O)C1. The van der Waals surface area contributed by atoms with Gasteiger partial charge in [-0.15, -0.1) is 0 Å². The van der Waals surface area contributed by atoms with E-state index in [2.05, 4.69) is 0 Å². The Morgan fingerprint density at radius 2 is 1.55 bits per heavy atom. The van der Waals surface area contributed by atoms with Gasteiger partial charge >= 0.3 is 23.9 Å². The Balaban J connectivity index is 1.95. The van der Waals surface area contributed by atoms with Crippen LogP contribution in [0.3, 0.4) is 0 Å². The number of rotatable bonds is 5. The third-order valence-corrected chi connectivity index (χ3v) is 9.27. The van der Waals surface area contributed by atoms with Gasteiger partial charge in [0.25, 0.3) is 0 Å². The lowest BCUT2D eigenvalue weighted by Gasteiger charge is -2.53. The van der Waals surface area contributed by atoms with Crippen LogP contribution in [0.15, 0.2) is 23.3 Å². The fraction of sp³-hybridized carbons (Fsp3) is 0.714. The van der Waals surface area contributed by atoms with Gasteiger partial charge in [0, 0.05) is 63.2 Å². The van der Waals surface area contributed by atoms with Crippen LogP contribution in [0.4, 0.5) is 0 Å². The zero-order chi connectivity index (χ0) is 28.6. The number of aliphatic hydroxyl groups is 2. The summed E-state index contributed by atoms with van der Waals surface area (Å²) in [4.78, 5) is 48.3. The van der Waals surface area contributed by atoms with Crippen molar-refractivity contribution in [2.24, 2.45) is 29.1 Å². The second kappa shape index (κ2) is 8.91. The third kappa shape index (κ3) is 3.82. The predicted molar refractivity (Wildman–Crippen MR) is 132 cm³/mol. The number of fused-ring (bicyclic) bond motifs is 5. The maximum Gasteiger partial charge on any atom is 0.303 e. The van der Waals surface area contributed by atoms with Gasteiger partial charge < -0.3 is 29.2 Å². The number of esters is 4. The van der Waals surface area contributed by atoms with Crippen molar-refractivity contribution in [3.05, 3.63) is 23.3 Å². The summed E-state index contributed by atoms with van der Waals surface area (Å²) in [5.41, 5.74) is -4.34. The molecule has 0 saturated heterocycles. The smallest absolute Gasteiger partial charge is 0.303 e. The molecular weight excluding hydrogens is 496 g/mol. The van der Waals surface area contributed by atoms with Gasteiger partial charge in [-0.05, 0) is 18.1 Å². The van der Waals surface area contributed by atoms with E-state index < -0.39 is 82.0 Å². The average Bonchev–Trinajstić information content (AvgIpc) is 3.18. The van der Waals surface area contributed by atoms with E-state index in [4.69, 9.17) is 18.9 Å². The van der Waals surface area contributed by atoms with E-state index in [-0.39, 0.29) is 13.0 Å². The molecule has 4 aliphatic carbocycles. The van der Waals surface area contributed by atoms with E-state index in [1.54, 1.807) is 26.0 Å². The Morgan fingerprint density at radius 3 is 2.08 bits per heavy atom. The Morgan fingerprint density at radius 1 is 0.947 bits per heavy atom. The van der Waals surface area contributed by atoms with E-state index in [0.717, 1.165) is 0 Å². The minimum atomic E-state index is -1.78. The first-order valence-electron chi connectivity index (χ1n) is 12.9. The van der Waals surface area contributed by atoms with Gasteiger partial charge in [-0.3, -0.25) is 19.2 Å². The molecule has 0 bridgehead atoms. The van der Waals surface area contributed by atoms with Crippen LogP contribution in [0, 0.1) is 29.1 Å². The van der Waals surface area contributed by atoms with E-state index in [9.17, 15) is 29.4 Å². The molecule has 0 spiro atoms. The quantitative estimate of drug-likeness (QED) is 0.305. The Kier molecular flexibility index (Phi) is 6.63. The van der Waals surface area contributed by atoms with Gasteiger partial charge in [0.15, 0.2) is 11.7 Å². The van der Waals surface area contributed by atoms with Crippen molar-refractivity contribution in [1.29, 1.82) is 0 Å². The summed E-state index contributed by atoms with van der Waals surface area (Å²) in [6.07, 6.45) is 1.40. The topological polar surface area (TPSA) is 146 Å². The number of hydrogen-bond acceptors (Lipinski definition) is 10. The van der Waals surface area contributed by atoms with Crippen molar-refractivity contribution in [1.82, 2.24) is 0 Å². The highest BCUT2D eigenvalue weighted by Gasteiger charge is 2.87. The number of carbonyl (C=O) groups is 4. The average molecular weight is 535 g/mol. The molecule has 0 aliphatic heterocycles. The molecule has 9 unspecified atom stereocenters. The van der Waals surface area contributed by atoms with Crippen molar-refractivity contribution in [3.63, 3.8) is 0 Å². The maximum absolute atomic E-state index is 12.8. The fourth-order valence-electron chi connectivity index (χ4n) is 7.94. The number of ether oxygens (including phenoxy) is 4. The van der Waals surface area contributed by atoms with E-state index in [1.165, 1.54) is 27.7 Å². The van der Waals surface area contributed by atoms with E-state index in [1.807, 2.05) is 13.8 Å². The van der Waals surface area contributed by atoms with Crippen molar-refractivity contribution >= 4 is 23.9 Å². The molecule has 210 valence electrons. The van der Waals surface area contributed by atoms with E-state index >= 15 is 0 Å². The summed E-state index contributed by atoms with van der Waals surface area (Å²) in [5, 5.41) is 25.0. The molecular formula is C28H38O10. The highest BCUT2D eigenvalue weighted by molar-refractivity contribution is 5.70. The van der Waals surface area contributed by atoms with Crippen LogP contribution < -0.4 is 0 Å². The van der Waals surface area contributed by atoms with Crippen molar-refractivity contribution in [3.8, 4) is 0 Å². The van der Waals surface area contributed by atoms with Crippen LogP contribution in [0.2, 0.25) is 0 Å². The zero-order valence-corrected chi connectivity index (χ0v) is 23.2. The summed E-state index contributed by atoms with van der Waals surface area (Å²) in [7, 11) is 0. The van der Waals surface area contributed by atoms with Crippen LogP contribution in [-0.2, 0) is 38.1 Å². The lowest BCUT2D eigenvalue weighted by molar-refractivity contribution is -0.235. The minimum absolute atomic E-state index is 0.0474. The molecule has 0 heterocycles. The summed E-state index contributed by atoms with van der Waals surface area (Å²) >= 11 is 0.